The van der Waals surface area contributed by atoms with Gasteiger partial charge in [0.15, 0.2) is 0 Å². The van der Waals surface area contributed by atoms with Crippen molar-refractivity contribution in [3.63, 3.8) is 0 Å². The summed E-state index contributed by atoms with van der Waals surface area (Å²) in [5.74, 6) is 0.614. The molecule has 2 aromatic carbocycles. The maximum absolute atomic E-state index is 12.3. The molecule has 3 rings (SSSR count). The van der Waals surface area contributed by atoms with Crippen molar-refractivity contribution in [2.45, 2.75) is 19.9 Å². The van der Waals surface area contributed by atoms with Crippen molar-refractivity contribution in [3.8, 4) is 5.75 Å². The van der Waals surface area contributed by atoms with Crippen molar-refractivity contribution in [2.24, 2.45) is 0 Å². The number of rotatable bonds is 7. The van der Waals surface area contributed by atoms with Crippen LogP contribution >= 0.6 is 11.6 Å². The van der Waals surface area contributed by atoms with E-state index in [1.54, 1.807) is 18.2 Å². The highest BCUT2D eigenvalue weighted by Crippen LogP contribution is 2.28. The zero-order valence-electron chi connectivity index (χ0n) is 16.3. The summed E-state index contributed by atoms with van der Waals surface area (Å²) in [7, 11) is 0. The van der Waals surface area contributed by atoms with E-state index in [9.17, 15) is 9.59 Å². The van der Waals surface area contributed by atoms with Gasteiger partial charge in [-0.2, -0.15) is 0 Å². The van der Waals surface area contributed by atoms with Gasteiger partial charge in [-0.1, -0.05) is 30.7 Å². The SMILES string of the molecule is CCCOc1ccc(Cl)cc1NC(=O)NCc1ccc(N2CCNC(=O)C2)cc1. The fourth-order valence-corrected chi connectivity index (χ4v) is 3.14. The third kappa shape index (κ3) is 6.02. The minimum Gasteiger partial charge on any atom is -0.491 e. The van der Waals surface area contributed by atoms with Gasteiger partial charge in [0.25, 0.3) is 0 Å². The average Bonchev–Trinajstić information content (AvgIpc) is 2.72. The molecular formula is C21H25ClN4O3. The molecule has 0 radical (unpaired) electrons. The molecule has 0 spiro atoms. The summed E-state index contributed by atoms with van der Waals surface area (Å²) in [6, 6.07) is 12.6. The minimum absolute atomic E-state index is 0.0296. The molecular weight excluding hydrogens is 392 g/mol. The van der Waals surface area contributed by atoms with Crippen LogP contribution in [0.3, 0.4) is 0 Å². The van der Waals surface area contributed by atoms with Crippen LogP contribution in [0.15, 0.2) is 42.5 Å². The van der Waals surface area contributed by atoms with E-state index >= 15 is 0 Å². The second-order valence-corrected chi connectivity index (χ2v) is 7.17. The Balaban J connectivity index is 1.54. The van der Waals surface area contributed by atoms with E-state index in [1.165, 1.54) is 0 Å². The fraction of sp³-hybridized carbons (Fsp3) is 0.333. The maximum atomic E-state index is 12.3. The number of benzene rings is 2. The molecule has 1 aliphatic rings. The summed E-state index contributed by atoms with van der Waals surface area (Å²) in [6.07, 6.45) is 0.867. The molecule has 1 aliphatic heterocycles. The molecule has 154 valence electrons. The van der Waals surface area contributed by atoms with Crippen molar-refractivity contribution in [1.82, 2.24) is 10.6 Å². The second-order valence-electron chi connectivity index (χ2n) is 6.73. The van der Waals surface area contributed by atoms with Gasteiger partial charge in [-0.15, -0.1) is 0 Å². The van der Waals surface area contributed by atoms with Gasteiger partial charge in [-0.3, -0.25) is 4.79 Å². The number of hydrogen-bond donors (Lipinski definition) is 3. The number of carbonyl (C=O) groups is 2. The molecule has 0 aliphatic carbocycles. The topological polar surface area (TPSA) is 82.7 Å². The molecule has 0 unspecified atom stereocenters. The van der Waals surface area contributed by atoms with Gasteiger partial charge in [0, 0.05) is 30.3 Å². The molecule has 8 heteroatoms. The Morgan fingerprint density at radius 3 is 2.76 bits per heavy atom. The summed E-state index contributed by atoms with van der Waals surface area (Å²) in [6.45, 7) is 4.74. The molecule has 7 nitrogen and oxygen atoms in total. The summed E-state index contributed by atoms with van der Waals surface area (Å²) < 4.78 is 5.65. The zero-order valence-corrected chi connectivity index (χ0v) is 17.1. The third-order valence-corrected chi connectivity index (χ3v) is 4.68. The highest BCUT2D eigenvalue weighted by molar-refractivity contribution is 6.31. The molecule has 3 N–H and O–H groups in total. The van der Waals surface area contributed by atoms with Gasteiger partial charge < -0.3 is 25.6 Å². The first-order valence-corrected chi connectivity index (χ1v) is 10.0. The number of piperazine rings is 1. The maximum Gasteiger partial charge on any atom is 0.319 e. The van der Waals surface area contributed by atoms with Gasteiger partial charge in [0.2, 0.25) is 5.91 Å². The van der Waals surface area contributed by atoms with Crippen molar-refractivity contribution < 1.29 is 14.3 Å². The Morgan fingerprint density at radius 2 is 2.03 bits per heavy atom. The van der Waals surface area contributed by atoms with Crippen LogP contribution in [0.25, 0.3) is 0 Å². The van der Waals surface area contributed by atoms with E-state index in [0.717, 1.165) is 24.2 Å². The Bertz CT molecular complexity index is 858. The number of nitrogens with zero attached hydrogens (tertiary/aromatic N) is 1. The third-order valence-electron chi connectivity index (χ3n) is 4.44. The highest BCUT2D eigenvalue weighted by Gasteiger charge is 2.16. The lowest BCUT2D eigenvalue weighted by molar-refractivity contribution is -0.120. The normalized spacial score (nSPS) is 13.6. The minimum atomic E-state index is -0.342. The van der Waals surface area contributed by atoms with Crippen LogP contribution in [0.4, 0.5) is 16.2 Å². The molecule has 0 atom stereocenters. The molecule has 0 saturated carbocycles. The Labute approximate surface area is 175 Å². The first kappa shape index (κ1) is 20.8. The number of urea groups is 1. The predicted octanol–water partition coefficient (Wildman–Crippen LogP) is 3.39. The summed E-state index contributed by atoms with van der Waals surface area (Å²) in [4.78, 5) is 25.8. The van der Waals surface area contributed by atoms with E-state index in [2.05, 4.69) is 16.0 Å². The van der Waals surface area contributed by atoms with E-state index in [4.69, 9.17) is 16.3 Å². The lowest BCUT2D eigenvalue weighted by Crippen LogP contribution is -2.47. The number of nitrogens with one attached hydrogen (secondary N) is 3. The van der Waals surface area contributed by atoms with Gasteiger partial charge in [-0.05, 0) is 42.3 Å². The van der Waals surface area contributed by atoms with Crippen LogP contribution in [0, 0.1) is 0 Å². The van der Waals surface area contributed by atoms with Crippen molar-refractivity contribution in [2.75, 3.05) is 36.5 Å². The van der Waals surface area contributed by atoms with Gasteiger partial charge in [-0.25, -0.2) is 4.79 Å². The van der Waals surface area contributed by atoms with Crippen LogP contribution in [-0.2, 0) is 11.3 Å². The van der Waals surface area contributed by atoms with Gasteiger partial charge in [0.05, 0.1) is 18.8 Å². The molecule has 3 amide bonds. The molecule has 1 fully saturated rings. The monoisotopic (exact) mass is 416 g/mol. The standard InChI is InChI=1S/C21H25ClN4O3/c1-2-11-29-19-8-5-16(22)12-18(19)25-21(28)24-13-15-3-6-17(7-4-15)26-10-9-23-20(27)14-26/h3-8,12H,2,9-11,13-14H2,1H3,(H,23,27)(H2,24,25,28). The quantitative estimate of drug-likeness (QED) is 0.646. The zero-order chi connectivity index (χ0) is 20.6. The van der Waals surface area contributed by atoms with Gasteiger partial charge >= 0.3 is 6.03 Å². The number of hydrogen-bond acceptors (Lipinski definition) is 4. The molecule has 1 saturated heterocycles. The van der Waals surface area contributed by atoms with Crippen LogP contribution in [0.2, 0.25) is 5.02 Å². The molecule has 29 heavy (non-hydrogen) atoms. The molecule has 2 aromatic rings. The Kier molecular flexibility index (Phi) is 7.19. The molecule has 0 aromatic heterocycles. The number of ether oxygens (including phenoxy) is 1. The van der Waals surface area contributed by atoms with Crippen molar-refractivity contribution >= 4 is 34.9 Å². The fourth-order valence-electron chi connectivity index (χ4n) is 2.97. The average molecular weight is 417 g/mol. The Morgan fingerprint density at radius 1 is 1.24 bits per heavy atom. The van der Waals surface area contributed by atoms with Crippen LogP contribution in [0.5, 0.6) is 5.75 Å². The van der Waals surface area contributed by atoms with Crippen molar-refractivity contribution in [3.05, 3.63) is 53.1 Å². The Hall–Kier alpha value is -2.93. The number of amides is 3. The van der Waals surface area contributed by atoms with Crippen LogP contribution < -0.4 is 25.6 Å². The van der Waals surface area contributed by atoms with Crippen LogP contribution in [-0.4, -0.2) is 38.2 Å². The largest absolute Gasteiger partial charge is 0.491 e. The lowest BCUT2D eigenvalue weighted by atomic mass is 10.2. The molecule has 1 heterocycles. The van der Waals surface area contributed by atoms with Crippen LogP contribution in [0.1, 0.15) is 18.9 Å². The number of halogens is 1. The number of carbonyl (C=O) groups excluding carboxylic acids is 2. The smallest absolute Gasteiger partial charge is 0.319 e. The molecule has 0 bridgehead atoms. The van der Waals surface area contributed by atoms with E-state index in [1.807, 2.05) is 36.1 Å². The highest BCUT2D eigenvalue weighted by atomic mass is 35.5. The number of anilines is 2. The van der Waals surface area contributed by atoms with Gasteiger partial charge in [0.1, 0.15) is 5.75 Å². The lowest BCUT2D eigenvalue weighted by Gasteiger charge is -2.28. The first-order valence-electron chi connectivity index (χ1n) is 9.63. The van der Waals surface area contributed by atoms with E-state index < -0.39 is 0 Å². The van der Waals surface area contributed by atoms with E-state index in [0.29, 0.717) is 42.7 Å². The first-order chi connectivity index (χ1) is 14.0. The second kappa shape index (κ2) is 10.0. The summed E-state index contributed by atoms with van der Waals surface area (Å²) in [5, 5.41) is 8.95. The van der Waals surface area contributed by atoms with Crippen molar-refractivity contribution in [1.29, 1.82) is 0 Å². The summed E-state index contributed by atoms with van der Waals surface area (Å²) >= 11 is 6.04. The summed E-state index contributed by atoms with van der Waals surface area (Å²) in [5.41, 5.74) is 2.48. The van der Waals surface area contributed by atoms with E-state index in [-0.39, 0.29) is 11.9 Å². The predicted molar refractivity (Wildman–Crippen MR) is 115 cm³/mol.